The molecule has 2 aromatic heterocycles. The van der Waals surface area contributed by atoms with Crippen molar-refractivity contribution >= 4 is 84.7 Å². The van der Waals surface area contributed by atoms with E-state index in [1.807, 2.05) is 41.9 Å². The summed E-state index contributed by atoms with van der Waals surface area (Å²) in [5.74, 6) is 0.709. The Balaban J connectivity index is 1.02. The minimum Gasteiger partial charge on any atom is -0.496 e. The first-order chi connectivity index (χ1) is 22.8. The molecule has 0 unspecified atom stereocenters. The third-order valence-electron chi connectivity index (χ3n) is 7.14. The zero-order chi connectivity index (χ0) is 32.9. The van der Waals surface area contributed by atoms with Crippen LogP contribution in [0.5, 0.6) is 5.75 Å². The smallest absolute Gasteiger partial charge is 0.296 e. The molecule has 6 rings (SSSR count). The number of nitro groups is 1. The number of ether oxygens (including phenoxy) is 1. The maximum Gasteiger partial charge on any atom is 0.296 e. The van der Waals surface area contributed by atoms with Crippen molar-refractivity contribution in [2.24, 2.45) is 7.05 Å². The van der Waals surface area contributed by atoms with Crippen LogP contribution in [0.15, 0.2) is 88.4 Å². The Labute approximate surface area is 281 Å². The van der Waals surface area contributed by atoms with E-state index in [1.54, 1.807) is 12.1 Å². The summed E-state index contributed by atoms with van der Waals surface area (Å²) in [4.78, 5) is 40.7. The van der Waals surface area contributed by atoms with E-state index in [2.05, 4.69) is 50.1 Å². The van der Waals surface area contributed by atoms with Crippen molar-refractivity contribution in [2.75, 3.05) is 29.2 Å². The number of benzene rings is 4. The Morgan fingerprint density at radius 3 is 2.57 bits per heavy atom. The summed E-state index contributed by atoms with van der Waals surface area (Å²) in [6.45, 7) is 0. The average Bonchev–Trinajstić information content (AvgIpc) is 3.64. The number of nitro benzene ring substituents is 1. The summed E-state index contributed by atoms with van der Waals surface area (Å²) < 4.78 is 8.45. The maximum absolute atomic E-state index is 12.8. The van der Waals surface area contributed by atoms with Gasteiger partial charge in [0.1, 0.15) is 17.3 Å². The van der Waals surface area contributed by atoms with Crippen LogP contribution in [0, 0.1) is 10.1 Å². The third kappa shape index (κ3) is 7.53. The molecule has 0 saturated heterocycles. The second-order valence-corrected chi connectivity index (χ2v) is 13.4. The Morgan fingerprint density at radius 1 is 0.957 bits per heavy atom. The molecule has 2 amide bonds. The molecular weight excluding hydrogens is 659 g/mol. The SMILES string of the molecule is COc1ccc(NC(=O)CSc2nc3ccc(NC(=O)CSc4nnc(Cc5cccc6ccccc56)n4C)cc3s2)c([N+](=O)[O-])c1. The van der Waals surface area contributed by atoms with Crippen LogP contribution in [-0.2, 0) is 23.1 Å². The first kappa shape index (κ1) is 32.0. The van der Waals surface area contributed by atoms with Gasteiger partial charge in [-0.2, -0.15) is 0 Å². The largest absolute Gasteiger partial charge is 0.496 e. The third-order valence-corrected chi connectivity index (χ3v) is 10.3. The molecule has 0 saturated carbocycles. The number of nitrogens with one attached hydrogen (secondary N) is 2. The quantitative estimate of drug-likeness (QED) is 0.0824. The molecule has 15 heteroatoms. The van der Waals surface area contributed by atoms with Crippen LogP contribution in [0.4, 0.5) is 17.1 Å². The topological polar surface area (TPSA) is 154 Å². The Kier molecular flexibility index (Phi) is 9.65. The van der Waals surface area contributed by atoms with Gasteiger partial charge < -0.3 is 19.9 Å². The van der Waals surface area contributed by atoms with Crippen molar-refractivity contribution in [3.05, 3.63) is 100 Å². The molecule has 0 aliphatic heterocycles. The van der Waals surface area contributed by atoms with Crippen molar-refractivity contribution in [1.29, 1.82) is 0 Å². The maximum atomic E-state index is 12.8. The molecule has 238 valence electrons. The molecule has 0 atom stereocenters. The summed E-state index contributed by atoms with van der Waals surface area (Å²) >= 11 is 3.92. The molecule has 0 bridgehead atoms. The summed E-state index contributed by atoms with van der Waals surface area (Å²) in [5, 5.41) is 28.6. The van der Waals surface area contributed by atoms with Gasteiger partial charge in [-0.1, -0.05) is 66.0 Å². The molecular formula is C32H27N7O5S3. The van der Waals surface area contributed by atoms with E-state index in [9.17, 15) is 19.7 Å². The van der Waals surface area contributed by atoms with Crippen molar-refractivity contribution in [3.8, 4) is 5.75 Å². The van der Waals surface area contributed by atoms with Gasteiger partial charge in [-0.05, 0) is 46.7 Å². The van der Waals surface area contributed by atoms with Crippen LogP contribution in [0.2, 0.25) is 0 Å². The fraction of sp³-hybridized carbons (Fsp3) is 0.156. The van der Waals surface area contributed by atoms with Crippen LogP contribution >= 0.6 is 34.9 Å². The van der Waals surface area contributed by atoms with Crippen LogP contribution in [0.1, 0.15) is 11.4 Å². The van der Waals surface area contributed by atoms with Gasteiger partial charge in [0.15, 0.2) is 9.50 Å². The first-order valence-corrected chi connectivity index (χ1v) is 17.0. The van der Waals surface area contributed by atoms with E-state index in [-0.39, 0.29) is 28.8 Å². The van der Waals surface area contributed by atoms with Gasteiger partial charge in [0.25, 0.3) is 5.69 Å². The first-order valence-electron chi connectivity index (χ1n) is 14.2. The normalized spacial score (nSPS) is 11.1. The number of amides is 2. The molecule has 2 N–H and O–H groups in total. The zero-order valence-electron chi connectivity index (χ0n) is 25.1. The number of carbonyl (C=O) groups excluding carboxylic acids is 2. The predicted octanol–water partition coefficient (Wildman–Crippen LogP) is 6.55. The van der Waals surface area contributed by atoms with Crippen molar-refractivity contribution in [1.82, 2.24) is 19.7 Å². The standard InChI is InChI=1S/C32H27N7O5S3/c1-38-28(14-20-8-5-7-19-6-3-4-9-23(19)20)36-37-31(38)45-17-29(40)33-21-10-12-25-27(15-21)47-32(35-25)46-18-30(41)34-24-13-11-22(44-2)16-26(24)39(42)43/h3-13,15-16H,14,17-18H2,1-2H3,(H,33,40)(H,34,41). The monoisotopic (exact) mass is 685 g/mol. The molecule has 0 aliphatic carbocycles. The fourth-order valence-corrected chi connectivity index (χ4v) is 7.46. The fourth-order valence-electron chi connectivity index (χ4n) is 4.82. The van der Waals surface area contributed by atoms with Gasteiger partial charge in [0, 0.05) is 19.2 Å². The Hall–Kier alpha value is -4.99. The lowest BCUT2D eigenvalue weighted by molar-refractivity contribution is -0.384. The number of carbonyl (C=O) groups is 2. The lowest BCUT2D eigenvalue weighted by Crippen LogP contribution is -2.15. The highest BCUT2D eigenvalue weighted by Crippen LogP contribution is 2.33. The van der Waals surface area contributed by atoms with Gasteiger partial charge >= 0.3 is 0 Å². The molecule has 47 heavy (non-hydrogen) atoms. The number of nitrogens with zero attached hydrogens (tertiary/aromatic N) is 5. The average molecular weight is 686 g/mol. The number of hydrogen-bond donors (Lipinski definition) is 2. The molecule has 2 heterocycles. The van der Waals surface area contributed by atoms with E-state index >= 15 is 0 Å². The number of thioether (sulfide) groups is 2. The molecule has 0 radical (unpaired) electrons. The number of anilines is 2. The van der Waals surface area contributed by atoms with E-state index in [0.717, 1.165) is 21.6 Å². The molecule has 6 aromatic rings. The highest BCUT2D eigenvalue weighted by atomic mass is 32.2. The molecule has 0 fully saturated rings. The highest BCUT2D eigenvalue weighted by Gasteiger charge is 2.18. The van der Waals surface area contributed by atoms with E-state index in [1.165, 1.54) is 64.9 Å². The second kappa shape index (κ2) is 14.2. The van der Waals surface area contributed by atoms with E-state index < -0.39 is 10.8 Å². The molecule has 0 aliphatic rings. The van der Waals surface area contributed by atoms with Gasteiger partial charge in [0.05, 0.1) is 39.8 Å². The number of fused-ring (bicyclic) bond motifs is 2. The predicted molar refractivity (Wildman–Crippen MR) is 186 cm³/mol. The minimum atomic E-state index is -0.575. The molecule has 4 aromatic carbocycles. The summed E-state index contributed by atoms with van der Waals surface area (Å²) in [6.07, 6.45) is 0.628. The minimum absolute atomic E-state index is 0.00945. The van der Waals surface area contributed by atoms with Gasteiger partial charge in [-0.25, -0.2) is 4.98 Å². The lowest BCUT2D eigenvalue weighted by atomic mass is 10.0. The number of aromatic nitrogens is 4. The summed E-state index contributed by atoms with van der Waals surface area (Å²) in [5.41, 5.74) is 2.35. The Bertz CT molecular complexity index is 2130. The number of hydrogen-bond acceptors (Lipinski definition) is 11. The number of thiazole rings is 1. The van der Waals surface area contributed by atoms with E-state index in [0.29, 0.717) is 27.4 Å². The van der Waals surface area contributed by atoms with Gasteiger partial charge in [-0.3, -0.25) is 19.7 Å². The van der Waals surface area contributed by atoms with Crippen molar-refractivity contribution in [2.45, 2.75) is 15.9 Å². The van der Waals surface area contributed by atoms with Gasteiger partial charge in [-0.15, -0.1) is 21.5 Å². The summed E-state index contributed by atoms with van der Waals surface area (Å²) in [6, 6.07) is 24.1. The second-order valence-electron chi connectivity index (χ2n) is 10.2. The molecule has 0 spiro atoms. The van der Waals surface area contributed by atoms with Crippen molar-refractivity contribution in [3.63, 3.8) is 0 Å². The summed E-state index contributed by atoms with van der Waals surface area (Å²) in [7, 11) is 3.31. The van der Waals surface area contributed by atoms with Crippen molar-refractivity contribution < 1.29 is 19.2 Å². The van der Waals surface area contributed by atoms with Crippen LogP contribution in [-0.4, -0.2) is 55.1 Å². The number of methoxy groups -OCH3 is 1. The van der Waals surface area contributed by atoms with Crippen LogP contribution < -0.4 is 15.4 Å². The lowest BCUT2D eigenvalue weighted by Gasteiger charge is -2.07. The van der Waals surface area contributed by atoms with Gasteiger partial charge in [0.2, 0.25) is 11.8 Å². The number of rotatable bonds is 12. The molecule has 12 nitrogen and oxygen atoms in total. The highest BCUT2D eigenvalue weighted by molar-refractivity contribution is 8.01. The van der Waals surface area contributed by atoms with Crippen LogP contribution in [0.3, 0.4) is 0 Å². The van der Waals surface area contributed by atoms with Crippen LogP contribution in [0.25, 0.3) is 21.0 Å². The zero-order valence-corrected chi connectivity index (χ0v) is 27.6. The van der Waals surface area contributed by atoms with E-state index in [4.69, 9.17) is 4.74 Å². The Morgan fingerprint density at radius 2 is 1.74 bits per heavy atom.